The van der Waals surface area contributed by atoms with Crippen LogP contribution in [0.4, 0.5) is 0 Å². The van der Waals surface area contributed by atoms with Gasteiger partial charge in [-0.05, 0) is 37.0 Å². The molecule has 1 saturated carbocycles. The van der Waals surface area contributed by atoms with Crippen LogP contribution in [-0.2, 0) is 11.2 Å². The van der Waals surface area contributed by atoms with Crippen LogP contribution in [0.2, 0.25) is 0 Å². The molecule has 0 amide bonds. The first-order valence-electron chi connectivity index (χ1n) is 8.25. The highest BCUT2D eigenvalue weighted by molar-refractivity contribution is 5.85. The van der Waals surface area contributed by atoms with E-state index >= 15 is 0 Å². The molecule has 0 spiro atoms. The van der Waals surface area contributed by atoms with Gasteiger partial charge in [-0.25, -0.2) is 0 Å². The van der Waals surface area contributed by atoms with Crippen LogP contribution in [0.1, 0.15) is 24.8 Å². The van der Waals surface area contributed by atoms with Crippen LogP contribution >= 0.6 is 0 Å². The Hall–Kier alpha value is -2.15. The third-order valence-corrected chi connectivity index (χ3v) is 5.72. The standard InChI is InChI=1S/C17H20N2O5/c1-23-13-3-2-10-8-14(13)24-16-11-5-7-19(18-22)15(9-10)17(11,21)6-4-12(16)20/h2-3,8,11,15-16,21H,4-7,9H2,1H3/t11-,15-,16-,17+/m1/s1. The molecule has 6 bridgehead atoms. The summed E-state index contributed by atoms with van der Waals surface area (Å²) in [5.41, 5.74) is -0.247. The summed E-state index contributed by atoms with van der Waals surface area (Å²) < 4.78 is 11.4. The summed E-state index contributed by atoms with van der Waals surface area (Å²) in [6, 6.07) is 5.05. The second-order valence-corrected chi connectivity index (χ2v) is 6.84. The molecule has 2 aliphatic heterocycles. The van der Waals surface area contributed by atoms with Gasteiger partial charge in [-0.2, -0.15) is 0 Å². The van der Waals surface area contributed by atoms with Gasteiger partial charge in [-0.3, -0.25) is 9.80 Å². The predicted octanol–water partition coefficient (Wildman–Crippen LogP) is 1.46. The van der Waals surface area contributed by atoms with Crippen LogP contribution in [0.5, 0.6) is 11.5 Å². The summed E-state index contributed by atoms with van der Waals surface area (Å²) in [5, 5.41) is 16.0. The van der Waals surface area contributed by atoms with Crippen molar-refractivity contribution in [1.29, 1.82) is 0 Å². The summed E-state index contributed by atoms with van der Waals surface area (Å²) >= 11 is 0. The average Bonchev–Trinajstić information content (AvgIpc) is 2.60. The van der Waals surface area contributed by atoms with E-state index in [0.717, 1.165) is 5.56 Å². The molecule has 1 N–H and O–H groups in total. The highest BCUT2D eigenvalue weighted by Crippen LogP contribution is 2.47. The quantitative estimate of drug-likeness (QED) is 0.825. The maximum atomic E-state index is 12.5. The minimum atomic E-state index is -1.16. The highest BCUT2D eigenvalue weighted by atomic mass is 16.5. The molecule has 7 nitrogen and oxygen atoms in total. The summed E-state index contributed by atoms with van der Waals surface area (Å²) in [6.45, 7) is 0.418. The number of ketones is 1. The molecular formula is C17H20N2O5. The number of nitroso groups, excluding NO2 is 1. The van der Waals surface area contributed by atoms with Crippen LogP contribution in [0.15, 0.2) is 23.5 Å². The normalized spacial score (nSPS) is 34.5. The Bertz CT molecular complexity index is 694. The van der Waals surface area contributed by atoms with Gasteiger partial charge in [0.1, 0.15) is 0 Å². The Morgan fingerprint density at radius 3 is 3.04 bits per heavy atom. The van der Waals surface area contributed by atoms with Crippen molar-refractivity contribution < 1.29 is 19.4 Å². The lowest BCUT2D eigenvalue weighted by Gasteiger charge is -2.52. The van der Waals surface area contributed by atoms with E-state index in [1.807, 2.05) is 12.1 Å². The van der Waals surface area contributed by atoms with E-state index in [1.54, 1.807) is 13.2 Å². The van der Waals surface area contributed by atoms with Gasteiger partial charge in [0.15, 0.2) is 23.4 Å². The number of piperidine rings is 1. The van der Waals surface area contributed by atoms with Crippen molar-refractivity contribution in [2.24, 2.45) is 11.2 Å². The first kappa shape index (κ1) is 15.4. The van der Waals surface area contributed by atoms with E-state index in [-0.39, 0.29) is 18.1 Å². The number of aliphatic hydroxyl groups is 1. The van der Waals surface area contributed by atoms with E-state index in [4.69, 9.17) is 9.47 Å². The number of hydrogen-bond donors (Lipinski definition) is 1. The molecule has 2 fully saturated rings. The molecule has 1 aromatic rings. The van der Waals surface area contributed by atoms with Gasteiger partial charge in [0, 0.05) is 18.9 Å². The molecule has 1 aliphatic carbocycles. The van der Waals surface area contributed by atoms with Crippen molar-refractivity contribution in [1.82, 2.24) is 5.01 Å². The number of fused-ring (bicyclic) bond motifs is 2. The molecule has 7 heteroatoms. The van der Waals surface area contributed by atoms with Crippen molar-refractivity contribution in [3.63, 3.8) is 0 Å². The SMILES string of the molecule is COc1ccc2cc1O[C@H]1C(=O)CC[C@]3(O)[C@@H]1CCN(N=O)[C@@H]3C2. The van der Waals surface area contributed by atoms with Crippen molar-refractivity contribution >= 4 is 5.78 Å². The van der Waals surface area contributed by atoms with Crippen LogP contribution in [0, 0.1) is 10.8 Å². The van der Waals surface area contributed by atoms with Crippen molar-refractivity contribution in [2.45, 2.75) is 43.4 Å². The number of carbonyl (C=O) groups is 1. The van der Waals surface area contributed by atoms with Gasteiger partial charge in [0.2, 0.25) is 0 Å². The number of Topliss-reactive ketones (excluding diaryl/α,β-unsaturated/α-hetero) is 1. The predicted molar refractivity (Wildman–Crippen MR) is 84.7 cm³/mol. The van der Waals surface area contributed by atoms with Crippen LogP contribution in [0.3, 0.4) is 0 Å². The lowest BCUT2D eigenvalue weighted by atomic mass is 9.65. The number of hydrogen-bond acceptors (Lipinski definition) is 6. The molecule has 0 unspecified atom stereocenters. The summed E-state index contributed by atoms with van der Waals surface area (Å²) in [5.74, 6) is 0.712. The third kappa shape index (κ3) is 2.11. The van der Waals surface area contributed by atoms with E-state index in [0.29, 0.717) is 37.3 Å². The van der Waals surface area contributed by atoms with Gasteiger partial charge in [-0.15, -0.1) is 4.91 Å². The van der Waals surface area contributed by atoms with Crippen LogP contribution in [0.25, 0.3) is 0 Å². The molecule has 4 rings (SSSR count). The Labute approximate surface area is 139 Å². The lowest BCUT2D eigenvalue weighted by Crippen LogP contribution is -2.67. The molecule has 0 radical (unpaired) electrons. The molecule has 0 aromatic heterocycles. The molecule has 2 heterocycles. The van der Waals surface area contributed by atoms with Gasteiger partial charge >= 0.3 is 0 Å². The second-order valence-electron chi connectivity index (χ2n) is 6.84. The summed E-state index contributed by atoms with van der Waals surface area (Å²) in [4.78, 5) is 23.8. The second kappa shape index (κ2) is 5.44. The Morgan fingerprint density at radius 1 is 1.46 bits per heavy atom. The Kier molecular flexibility index (Phi) is 3.49. The zero-order chi connectivity index (χ0) is 16.9. The van der Waals surface area contributed by atoms with E-state index in [2.05, 4.69) is 5.29 Å². The van der Waals surface area contributed by atoms with Gasteiger partial charge in [0.05, 0.1) is 24.0 Å². The molecule has 24 heavy (non-hydrogen) atoms. The number of methoxy groups -OCH3 is 1. The van der Waals surface area contributed by atoms with Gasteiger partial charge < -0.3 is 14.6 Å². The highest BCUT2D eigenvalue weighted by Gasteiger charge is 2.58. The van der Waals surface area contributed by atoms with Gasteiger partial charge in [-0.1, -0.05) is 6.07 Å². The fraction of sp³-hybridized carbons (Fsp3) is 0.588. The van der Waals surface area contributed by atoms with Crippen molar-refractivity contribution in [3.05, 3.63) is 28.7 Å². The van der Waals surface area contributed by atoms with E-state index < -0.39 is 17.7 Å². The third-order valence-electron chi connectivity index (χ3n) is 5.72. The lowest BCUT2D eigenvalue weighted by molar-refractivity contribution is -0.177. The van der Waals surface area contributed by atoms with E-state index in [9.17, 15) is 14.8 Å². The number of benzene rings is 1. The molecule has 3 aliphatic rings. The molecular weight excluding hydrogens is 312 g/mol. The minimum absolute atomic E-state index is 0.00899. The number of nitrogens with zero attached hydrogens (tertiary/aromatic N) is 2. The van der Waals surface area contributed by atoms with Crippen molar-refractivity contribution in [2.75, 3.05) is 13.7 Å². The Balaban J connectivity index is 1.86. The zero-order valence-corrected chi connectivity index (χ0v) is 13.5. The maximum absolute atomic E-state index is 12.5. The first-order valence-corrected chi connectivity index (χ1v) is 8.25. The topological polar surface area (TPSA) is 88.4 Å². The zero-order valence-electron chi connectivity index (χ0n) is 13.5. The Morgan fingerprint density at radius 2 is 2.29 bits per heavy atom. The van der Waals surface area contributed by atoms with Crippen molar-refractivity contribution in [3.8, 4) is 11.5 Å². The monoisotopic (exact) mass is 332 g/mol. The minimum Gasteiger partial charge on any atom is -0.493 e. The molecule has 1 aromatic carbocycles. The van der Waals surface area contributed by atoms with Crippen LogP contribution < -0.4 is 9.47 Å². The van der Waals surface area contributed by atoms with Gasteiger partial charge in [0.25, 0.3) is 0 Å². The average molecular weight is 332 g/mol. The number of carbonyl (C=O) groups excluding carboxylic acids is 1. The maximum Gasteiger partial charge on any atom is 0.173 e. The van der Waals surface area contributed by atoms with E-state index in [1.165, 1.54) is 5.01 Å². The molecule has 128 valence electrons. The summed E-state index contributed by atoms with van der Waals surface area (Å²) in [7, 11) is 1.55. The fourth-order valence-electron chi connectivity index (χ4n) is 4.47. The smallest absolute Gasteiger partial charge is 0.173 e. The summed E-state index contributed by atoms with van der Waals surface area (Å²) in [6.07, 6.45) is 0.815. The van der Waals surface area contributed by atoms with Crippen LogP contribution in [-0.4, -0.2) is 47.3 Å². The first-order chi connectivity index (χ1) is 11.6. The fourth-order valence-corrected chi connectivity index (χ4v) is 4.47. The number of ether oxygens (including phenoxy) is 2. The molecule has 4 atom stereocenters. The number of rotatable bonds is 2. The largest absolute Gasteiger partial charge is 0.493 e. The molecule has 1 saturated heterocycles.